The van der Waals surface area contributed by atoms with Crippen LogP contribution in [0.4, 0.5) is 5.69 Å². The fourth-order valence-electron chi connectivity index (χ4n) is 2.31. The fourth-order valence-corrected chi connectivity index (χ4v) is 2.31. The van der Waals surface area contributed by atoms with Gasteiger partial charge in [-0.1, -0.05) is 12.1 Å². The quantitative estimate of drug-likeness (QED) is 0.755. The van der Waals surface area contributed by atoms with E-state index >= 15 is 0 Å². The Balaban J connectivity index is 2.28. The van der Waals surface area contributed by atoms with Gasteiger partial charge in [-0.15, -0.1) is 0 Å². The smallest absolute Gasteiger partial charge is 0.256 e. The summed E-state index contributed by atoms with van der Waals surface area (Å²) in [4.78, 5) is 14.1. The third-order valence-electron chi connectivity index (χ3n) is 3.40. The van der Waals surface area contributed by atoms with E-state index in [4.69, 9.17) is 5.73 Å². The van der Waals surface area contributed by atoms with Crippen molar-refractivity contribution in [3.63, 3.8) is 0 Å². The minimum atomic E-state index is -0.0669. The van der Waals surface area contributed by atoms with Gasteiger partial charge in [0.2, 0.25) is 0 Å². The minimum absolute atomic E-state index is 0.0253. The number of carbonyl (C=O) groups excluding carboxylic acids is 1. The summed E-state index contributed by atoms with van der Waals surface area (Å²) in [6.07, 6.45) is 1.82. The lowest BCUT2D eigenvalue weighted by atomic mass is 10.1. The monoisotopic (exact) mass is 234 g/mol. The molecule has 0 bridgehead atoms. The lowest BCUT2D eigenvalue weighted by molar-refractivity contribution is 0.0678. The largest absolute Gasteiger partial charge is 0.398 e. The number of carbonyl (C=O) groups is 1. The summed E-state index contributed by atoms with van der Waals surface area (Å²) in [5, 5.41) is 9.23. The van der Waals surface area contributed by atoms with Crippen molar-refractivity contribution in [2.75, 3.05) is 18.9 Å². The van der Waals surface area contributed by atoms with Crippen LogP contribution in [0.25, 0.3) is 0 Å². The van der Waals surface area contributed by atoms with Crippen molar-refractivity contribution in [1.82, 2.24) is 4.90 Å². The van der Waals surface area contributed by atoms with E-state index < -0.39 is 0 Å². The number of nitrogens with zero attached hydrogens (tertiary/aromatic N) is 1. The predicted octanol–water partition coefficient (Wildman–Crippen LogP) is 1.17. The number of aryl methyl sites for hydroxylation is 1. The first-order valence-electron chi connectivity index (χ1n) is 5.92. The van der Waals surface area contributed by atoms with E-state index in [-0.39, 0.29) is 18.6 Å². The molecule has 2 rings (SSSR count). The van der Waals surface area contributed by atoms with Gasteiger partial charge in [-0.05, 0) is 31.4 Å². The molecule has 1 aromatic carbocycles. The van der Waals surface area contributed by atoms with Gasteiger partial charge >= 0.3 is 0 Å². The first kappa shape index (κ1) is 11.9. The summed E-state index contributed by atoms with van der Waals surface area (Å²) < 4.78 is 0. The first-order valence-corrected chi connectivity index (χ1v) is 5.92. The van der Waals surface area contributed by atoms with E-state index in [2.05, 4.69) is 0 Å². The number of rotatable bonds is 2. The van der Waals surface area contributed by atoms with Gasteiger partial charge in [0.1, 0.15) is 0 Å². The molecule has 1 aromatic rings. The summed E-state index contributed by atoms with van der Waals surface area (Å²) in [5.41, 5.74) is 7.93. The van der Waals surface area contributed by atoms with Gasteiger partial charge in [-0.3, -0.25) is 4.79 Å². The van der Waals surface area contributed by atoms with Gasteiger partial charge in [0.15, 0.2) is 0 Å². The number of aliphatic hydroxyl groups excluding tert-OH is 1. The highest BCUT2D eigenvalue weighted by Crippen LogP contribution is 2.23. The molecule has 1 saturated heterocycles. The second kappa shape index (κ2) is 4.75. The molecule has 0 radical (unpaired) electrons. The Morgan fingerprint density at radius 2 is 2.35 bits per heavy atom. The summed E-state index contributed by atoms with van der Waals surface area (Å²) >= 11 is 0. The van der Waals surface area contributed by atoms with Gasteiger partial charge in [0.05, 0.1) is 18.2 Å². The normalized spacial score (nSPS) is 19.6. The lowest BCUT2D eigenvalue weighted by Crippen LogP contribution is -2.38. The van der Waals surface area contributed by atoms with Gasteiger partial charge in [0.25, 0.3) is 5.91 Å². The average molecular weight is 234 g/mol. The lowest BCUT2D eigenvalue weighted by Gasteiger charge is -2.24. The van der Waals surface area contributed by atoms with Gasteiger partial charge in [0, 0.05) is 12.2 Å². The molecule has 17 heavy (non-hydrogen) atoms. The van der Waals surface area contributed by atoms with Crippen LogP contribution in [0.1, 0.15) is 28.8 Å². The van der Waals surface area contributed by atoms with Crippen LogP contribution in [0.3, 0.4) is 0 Å². The van der Waals surface area contributed by atoms with Crippen LogP contribution in [-0.2, 0) is 0 Å². The van der Waals surface area contributed by atoms with Crippen molar-refractivity contribution in [3.8, 4) is 0 Å². The van der Waals surface area contributed by atoms with Crippen LogP contribution in [0.2, 0.25) is 0 Å². The van der Waals surface area contributed by atoms with E-state index in [1.54, 1.807) is 11.0 Å². The number of benzene rings is 1. The van der Waals surface area contributed by atoms with Crippen molar-refractivity contribution < 1.29 is 9.90 Å². The molecule has 1 aliphatic rings. The third-order valence-corrected chi connectivity index (χ3v) is 3.40. The third kappa shape index (κ3) is 2.13. The molecular formula is C13H18N2O2. The highest BCUT2D eigenvalue weighted by Gasteiger charge is 2.29. The second-order valence-electron chi connectivity index (χ2n) is 4.51. The van der Waals surface area contributed by atoms with Crippen molar-refractivity contribution in [1.29, 1.82) is 0 Å². The van der Waals surface area contributed by atoms with Crippen LogP contribution in [-0.4, -0.2) is 35.1 Å². The zero-order valence-electron chi connectivity index (χ0n) is 10.0. The maximum atomic E-state index is 12.3. The molecule has 1 aliphatic heterocycles. The highest BCUT2D eigenvalue weighted by molar-refractivity contribution is 6.00. The Hall–Kier alpha value is -1.55. The molecule has 0 aliphatic carbocycles. The molecule has 4 nitrogen and oxygen atoms in total. The van der Waals surface area contributed by atoms with E-state index in [1.807, 2.05) is 19.1 Å². The zero-order chi connectivity index (χ0) is 12.4. The van der Waals surface area contributed by atoms with Gasteiger partial charge in [-0.25, -0.2) is 0 Å². The van der Waals surface area contributed by atoms with Crippen LogP contribution >= 0.6 is 0 Å². The molecule has 1 fully saturated rings. The molecule has 4 heteroatoms. The Morgan fingerprint density at radius 1 is 1.59 bits per heavy atom. The number of hydrogen-bond acceptors (Lipinski definition) is 3. The molecule has 3 N–H and O–H groups in total. The van der Waals surface area contributed by atoms with E-state index in [1.165, 1.54) is 0 Å². The Labute approximate surface area is 101 Å². The molecule has 0 spiro atoms. The van der Waals surface area contributed by atoms with Crippen LogP contribution in [0.15, 0.2) is 18.2 Å². The van der Waals surface area contributed by atoms with Gasteiger partial charge < -0.3 is 15.7 Å². The summed E-state index contributed by atoms with van der Waals surface area (Å²) in [5.74, 6) is -0.0669. The number of likely N-dealkylation sites (tertiary alicyclic amines) is 1. The van der Waals surface area contributed by atoms with Crippen LogP contribution in [0.5, 0.6) is 0 Å². The average Bonchev–Trinajstić information content (AvgIpc) is 2.80. The molecule has 1 atom stereocenters. The maximum Gasteiger partial charge on any atom is 0.256 e. The molecule has 1 heterocycles. The predicted molar refractivity (Wildman–Crippen MR) is 66.7 cm³/mol. The topological polar surface area (TPSA) is 66.6 Å². The summed E-state index contributed by atoms with van der Waals surface area (Å²) in [7, 11) is 0. The second-order valence-corrected chi connectivity index (χ2v) is 4.51. The van der Waals surface area contributed by atoms with Crippen LogP contribution in [0, 0.1) is 6.92 Å². The number of nitrogens with two attached hydrogens (primary N) is 1. The van der Waals surface area contributed by atoms with Gasteiger partial charge in [-0.2, -0.15) is 0 Å². The maximum absolute atomic E-state index is 12.3. The molecule has 1 amide bonds. The first-order chi connectivity index (χ1) is 8.15. The number of amides is 1. The highest BCUT2D eigenvalue weighted by atomic mass is 16.3. The summed E-state index contributed by atoms with van der Waals surface area (Å²) in [6.45, 7) is 2.62. The van der Waals surface area contributed by atoms with E-state index in [0.717, 1.165) is 18.4 Å². The zero-order valence-corrected chi connectivity index (χ0v) is 10.0. The Bertz CT molecular complexity index is 431. The Morgan fingerprint density at radius 3 is 3.06 bits per heavy atom. The molecule has 0 saturated carbocycles. The number of nitrogen functional groups attached to an aromatic ring is 1. The van der Waals surface area contributed by atoms with Crippen molar-refractivity contribution in [2.45, 2.75) is 25.8 Å². The van der Waals surface area contributed by atoms with E-state index in [0.29, 0.717) is 17.8 Å². The summed E-state index contributed by atoms with van der Waals surface area (Å²) in [6, 6.07) is 5.42. The number of para-hydroxylation sites is 1. The van der Waals surface area contributed by atoms with E-state index in [9.17, 15) is 9.90 Å². The number of anilines is 1. The fraction of sp³-hybridized carbons (Fsp3) is 0.462. The number of hydrogen-bond donors (Lipinski definition) is 2. The molecular weight excluding hydrogens is 216 g/mol. The molecule has 92 valence electrons. The SMILES string of the molecule is Cc1cccc(C(=O)N2CCC[C@H]2CO)c1N. The van der Waals surface area contributed by atoms with Crippen molar-refractivity contribution >= 4 is 11.6 Å². The van der Waals surface area contributed by atoms with Crippen LogP contribution < -0.4 is 5.73 Å². The van der Waals surface area contributed by atoms with Crippen molar-refractivity contribution in [3.05, 3.63) is 29.3 Å². The standard InChI is InChI=1S/C13H18N2O2/c1-9-4-2-6-11(12(9)14)13(17)15-7-3-5-10(15)8-16/h2,4,6,10,16H,3,5,7-8,14H2,1H3/t10-/m0/s1. The Kier molecular flexibility index (Phi) is 3.33. The van der Waals surface area contributed by atoms with Crippen molar-refractivity contribution in [2.24, 2.45) is 0 Å². The molecule has 0 aromatic heterocycles. The minimum Gasteiger partial charge on any atom is -0.398 e. The molecule has 0 unspecified atom stereocenters. The number of aliphatic hydroxyl groups is 1.